The molecular formula is C22H22F3NO6S. The monoisotopic (exact) mass is 485 g/mol. The molecule has 1 fully saturated rings. The van der Waals surface area contributed by atoms with Gasteiger partial charge >= 0.3 is 12.1 Å². The number of sulfonamides is 1. The molecular weight excluding hydrogens is 463 g/mol. The van der Waals surface area contributed by atoms with E-state index in [2.05, 4.69) is 0 Å². The van der Waals surface area contributed by atoms with Crippen molar-refractivity contribution in [1.29, 1.82) is 0 Å². The van der Waals surface area contributed by atoms with E-state index < -0.39 is 33.7 Å². The summed E-state index contributed by atoms with van der Waals surface area (Å²) in [6, 6.07) is 9.04. The highest BCUT2D eigenvalue weighted by Gasteiger charge is 2.34. The largest absolute Gasteiger partial charge is 0.486 e. The number of carbonyl (C=O) groups excluding carboxylic acids is 1. The van der Waals surface area contributed by atoms with E-state index in [0.717, 1.165) is 12.1 Å². The van der Waals surface area contributed by atoms with Gasteiger partial charge < -0.3 is 14.2 Å². The first-order valence-electron chi connectivity index (χ1n) is 10.4. The van der Waals surface area contributed by atoms with Crippen molar-refractivity contribution in [3.8, 4) is 11.5 Å². The summed E-state index contributed by atoms with van der Waals surface area (Å²) < 4.78 is 81.8. The van der Waals surface area contributed by atoms with Crippen molar-refractivity contribution in [2.24, 2.45) is 5.92 Å². The van der Waals surface area contributed by atoms with Crippen LogP contribution in [0.4, 0.5) is 13.2 Å². The second-order valence-corrected chi connectivity index (χ2v) is 9.73. The second kappa shape index (κ2) is 9.22. The first kappa shape index (κ1) is 23.4. The standard InChI is InChI=1S/C22H22F3NO6S/c23-22(24,25)17-3-1-2-15(12-17)14-32-21(27)16-6-8-26(9-7-16)33(28,29)18-4-5-19-20(13-18)31-11-10-30-19/h1-5,12-13,16H,6-11,14H2. The van der Waals surface area contributed by atoms with Crippen molar-refractivity contribution < 1.29 is 40.6 Å². The first-order valence-corrected chi connectivity index (χ1v) is 11.8. The fourth-order valence-electron chi connectivity index (χ4n) is 3.77. The molecule has 2 aromatic rings. The highest BCUT2D eigenvalue weighted by Crippen LogP contribution is 2.34. The molecule has 0 N–H and O–H groups in total. The molecule has 2 heterocycles. The molecule has 0 bridgehead atoms. The van der Waals surface area contributed by atoms with Crippen LogP contribution >= 0.6 is 0 Å². The number of alkyl halides is 3. The predicted molar refractivity (Wildman–Crippen MR) is 110 cm³/mol. The Balaban J connectivity index is 1.33. The van der Waals surface area contributed by atoms with Gasteiger partial charge in [-0.05, 0) is 42.7 Å². The summed E-state index contributed by atoms with van der Waals surface area (Å²) in [7, 11) is -3.78. The van der Waals surface area contributed by atoms with Gasteiger partial charge in [-0.15, -0.1) is 0 Å². The van der Waals surface area contributed by atoms with Gasteiger partial charge in [-0.1, -0.05) is 12.1 Å². The molecule has 7 nitrogen and oxygen atoms in total. The third-order valence-electron chi connectivity index (χ3n) is 5.57. The van der Waals surface area contributed by atoms with Crippen LogP contribution in [0.1, 0.15) is 24.0 Å². The molecule has 11 heteroatoms. The zero-order valence-corrected chi connectivity index (χ0v) is 18.3. The Morgan fingerprint density at radius 3 is 2.42 bits per heavy atom. The number of fused-ring (bicyclic) bond motifs is 1. The van der Waals surface area contributed by atoms with E-state index in [-0.39, 0.29) is 43.0 Å². The molecule has 0 unspecified atom stereocenters. The first-order chi connectivity index (χ1) is 15.6. The van der Waals surface area contributed by atoms with Gasteiger partial charge in [-0.3, -0.25) is 4.79 Å². The Hall–Kier alpha value is -2.79. The van der Waals surface area contributed by atoms with Gasteiger partial charge in [0.05, 0.1) is 16.4 Å². The van der Waals surface area contributed by atoms with Gasteiger partial charge in [0.1, 0.15) is 19.8 Å². The van der Waals surface area contributed by atoms with Crippen LogP contribution in [0.25, 0.3) is 0 Å². The maximum Gasteiger partial charge on any atom is 0.416 e. The van der Waals surface area contributed by atoms with E-state index in [4.69, 9.17) is 14.2 Å². The SMILES string of the molecule is O=C(OCc1cccc(C(F)(F)F)c1)C1CCN(S(=O)(=O)c2ccc3c(c2)OCCO3)CC1. The zero-order chi connectivity index (χ0) is 23.6. The van der Waals surface area contributed by atoms with Crippen molar-refractivity contribution >= 4 is 16.0 Å². The lowest BCUT2D eigenvalue weighted by molar-refractivity contribution is -0.151. The number of rotatable bonds is 5. The highest BCUT2D eigenvalue weighted by atomic mass is 32.2. The quantitative estimate of drug-likeness (QED) is 0.602. The lowest BCUT2D eigenvalue weighted by atomic mass is 9.98. The molecule has 1 saturated heterocycles. The smallest absolute Gasteiger partial charge is 0.416 e. The summed E-state index contributed by atoms with van der Waals surface area (Å²) in [5, 5.41) is 0. The van der Waals surface area contributed by atoms with Crippen LogP contribution in [0.2, 0.25) is 0 Å². The van der Waals surface area contributed by atoms with E-state index in [1.165, 1.54) is 28.6 Å². The maximum absolute atomic E-state index is 13.0. The Kier molecular flexibility index (Phi) is 6.53. The number of hydrogen-bond donors (Lipinski definition) is 0. The lowest BCUT2D eigenvalue weighted by Gasteiger charge is -2.30. The van der Waals surface area contributed by atoms with Crippen molar-refractivity contribution in [2.45, 2.75) is 30.5 Å². The Bertz CT molecular complexity index is 1130. The van der Waals surface area contributed by atoms with Crippen LogP contribution in [0.15, 0.2) is 47.4 Å². The van der Waals surface area contributed by atoms with Crippen molar-refractivity contribution in [3.63, 3.8) is 0 Å². The van der Waals surface area contributed by atoms with Gasteiger partial charge in [-0.25, -0.2) is 8.42 Å². The van der Waals surface area contributed by atoms with Gasteiger partial charge in [0.25, 0.3) is 0 Å². The second-order valence-electron chi connectivity index (χ2n) is 7.79. The molecule has 0 amide bonds. The normalized spacial score (nSPS) is 17.5. The third-order valence-corrected chi connectivity index (χ3v) is 7.47. The summed E-state index contributed by atoms with van der Waals surface area (Å²) in [6.45, 7) is 0.708. The number of esters is 1. The number of halogens is 3. The van der Waals surface area contributed by atoms with Crippen LogP contribution in [0.5, 0.6) is 11.5 Å². The highest BCUT2D eigenvalue weighted by molar-refractivity contribution is 7.89. The van der Waals surface area contributed by atoms with Crippen LogP contribution in [-0.2, 0) is 32.3 Å². The molecule has 0 saturated carbocycles. The molecule has 2 aliphatic heterocycles. The lowest BCUT2D eigenvalue weighted by Crippen LogP contribution is -2.40. The minimum absolute atomic E-state index is 0.0809. The number of benzene rings is 2. The zero-order valence-electron chi connectivity index (χ0n) is 17.5. The summed E-state index contributed by atoms with van der Waals surface area (Å²) in [4.78, 5) is 12.5. The van der Waals surface area contributed by atoms with Crippen LogP contribution in [0, 0.1) is 5.92 Å². The topological polar surface area (TPSA) is 82.1 Å². The number of piperidine rings is 1. The number of carbonyl (C=O) groups is 1. The van der Waals surface area contributed by atoms with Gasteiger partial charge in [0, 0.05) is 19.2 Å². The maximum atomic E-state index is 13.0. The molecule has 4 rings (SSSR count). The summed E-state index contributed by atoms with van der Waals surface area (Å²) in [6.07, 6.45) is -3.97. The van der Waals surface area contributed by atoms with Gasteiger partial charge in [0.15, 0.2) is 11.5 Å². The van der Waals surface area contributed by atoms with Crippen LogP contribution < -0.4 is 9.47 Å². The van der Waals surface area contributed by atoms with Crippen LogP contribution in [-0.4, -0.2) is 45.0 Å². The minimum atomic E-state index is -4.48. The average Bonchev–Trinajstić information content (AvgIpc) is 2.82. The van der Waals surface area contributed by atoms with Crippen molar-refractivity contribution in [1.82, 2.24) is 4.31 Å². The Morgan fingerprint density at radius 1 is 1.03 bits per heavy atom. The average molecular weight is 485 g/mol. The molecule has 33 heavy (non-hydrogen) atoms. The third kappa shape index (κ3) is 5.25. The molecule has 0 spiro atoms. The summed E-state index contributed by atoms with van der Waals surface area (Å²) in [5.74, 6) is -0.218. The van der Waals surface area contributed by atoms with Gasteiger partial charge in [-0.2, -0.15) is 17.5 Å². The summed E-state index contributed by atoms with van der Waals surface area (Å²) in [5.41, 5.74) is -0.578. The molecule has 2 aromatic carbocycles. The van der Waals surface area contributed by atoms with Crippen LogP contribution in [0.3, 0.4) is 0 Å². The molecule has 2 aliphatic rings. The Labute approximate surface area is 189 Å². The molecule has 0 aromatic heterocycles. The number of nitrogens with zero attached hydrogens (tertiary/aromatic N) is 1. The fraction of sp³-hybridized carbons (Fsp3) is 0.409. The van der Waals surface area contributed by atoms with E-state index >= 15 is 0 Å². The minimum Gasteiger partial charge on any atom is -0.486 e. The molecule has 0 aliphatic carbocycles. The van der Waals surface area contributed by atoms with E-state index in [1.54, 1.807) is 6.07 Å². The molecule has 178 valence electrons. The van der Waals surface area contributed by atoms with E-state index in [1.807, 2.05) is 0 Å². The van der Waals surface area contributed by atoms with Gasteiger partial charge in [0.2, 0.25) is 10.0 Å². The molecule has 0 atom stereocenters. The number of ether oxygens (including phenoxy) is 3. The van der Waals surface area contributed by atoms with Crippen molar-refractivity contribution in [3.05, 3.63) is 53.6 Å². The Morgan fingerprint density at radius 2 is 1.73 bits per heavy atom. The number of hydrogen-bond acceptors (Lipinski definition) is 6. The van der Waals surface area contributed by atoms with E-state index in [9.17, 15) is 26.4 Å². The van der Waals surface area contributed by atoms with Crippen molar-refractivity contribution in [2.75, 3.05) is 26.3 Å². The fourth-order valence-corrected chi connectivity index (χ4v) is 5.26. The molecule has 0 radical (unpaired) electrons. The van der Waals surface area contributed by atoms with E-state index in [0.29, 0.717) is 24.7 Å². The summed E-state index contributed by atoms with van der Waals surface area (Å²) >= 11 is 0. The predicted octanol–water partition coefficient (Wildman–Crippen LogP) is 3.62.